The number of ether oxygens (including phenoxy) is 1. The molecule has 12 heavy (non-hydrogen) atoms. The van der Waals surface area contributed by atoms with E-state index in [9.17, 15) is 4.79 Å². The Bertz CT molecular complexity index is 189. The summed E-state index contributed by atoms with van der Waals surface area (Å²) >= 11 is 0. The van der Waals surface area contributed by atoms with Gasteiger partial charge in [0.25, 0.3) is 0 Å². The van der Waals surface area contributed by atoms with E-state index in [4.69, 9.17) is 4.74 Å². The number of rotatable bonds is 2. The van der Waals surface area contributed by atoms with Gasteiger partial charge in [0.15, 0.2) is 0 Å². The zero-order valence-electron chi connectivity index (χ0n) is 7.45. The van der Waals surface area contributed by atoms with Crippen LogP contribution in [-0.4, -0.2) is 36.6 Å². The van der Waals surface area contributed by atoms with Crippen LogP contribution >= 0.6 is 0 Å². The van der Waals surface area contributed by atoms with Crippen molar-refractivity contribution in [1.82, 2.24) is 4.90 Å². The summed E-state index contributed by atoms with van der Waals surface area (Å²) < 4.78 is 5.07. The maximum atomic E-state index is 11.6. The first-order chi connectivity index (χ1) is 5.83. The van der Waals surface area contributed by atoms with Crippen LogP contribution in [0.5, 0.6) is 0 Å². The molecule has 3 heteroatoms. The molecule has 0 aromatic carbocycles. The fourth-order valence-corrected chi connectivity index (χ4v) is 1.91. The van der Waals surface area contributed by atoms with Crippen molar-refractivity contribution in [2.45, 2.75) is 25.8 Å². The first kappa shape index (κ1) is 8.05. The molecule has 0 aromatic heterocycles. The lowest BCUT2D eigenvalue weighted by Gasteiger charge is -2.34. The summed E-state index contributed by atoms with van der Waals surface area (Å²) in [5.74, 6) is 0.649. The lowest BCUT2D eigenvalue weighted by Crippen LogP contribution is -2.50. The topological polar surface area (TPSA) is 29.5 Å². The fourth-order valence-electron chi connectivity index (χ4n) is 1.91. The van der Waals surface area contributed by atoms with Gasteiger partial charge >= 0.3 is 0 Å². The maximum absolute atomic E-state index is 11.6. The average Bonchev–Trinajstić information content (AvgIpc) is 2.30. The smallest absolute Gasteiger partial charge is 0.226 e. The van der Waals surface area contributed by atoms with Gasteiger partial charge in [-0.05, 0) is 12.8 Å². The quantitative estimate of drug-likeness (QED) is 0.607. The first-order valence-electron chi connectivity index (χ1n) is 4.71. The Balaban J connectivity index is 1.96. The Kier molecular flexibility index (Phi) is 2.05. The molecule has 0 radical (unpaired) electrons. The van der Waals surface area contributed by atoms with Gasteiger partial charge in [-0.25, -0.2) is 0 Å². The molecule has 2 rings (SSSR count). The highest BCUT2D eigenvalue weighted by Crippen LogP contribution is 2.25. The van der Waals surface area contributed by atoms with Crippen LogP contribution in [-0.2, 0) is 9.53 Å². The summed E-state index contributed by atoms with van der Waals surface area (Å²) in [6.07, 6.45) is 2.04. The number of amides is 1. The van der Waals surface area contributed by atoms with Gasteiger partial charge in [0.1, 0.15) is 0 Å². The van der Waals surface area contributed by atoms with E-state index in [1.165, 1.54) is 0 Å². The van der Waals surface area contributed by atoms with E-state index in [0.29, 0.717) is 17.9 Å². The second-order valence-electron chi connectivity index (χ2n) is 3.62. The van der Waals surface area contributed by atoms with Crippen LogP contribution in [0, 0.1) is 5.92 Å². The number of carbonyl (C=O) groups excluding carboxylic acids is 1. The minimum atomic E-state index is 0.297. The molecule has 0 aromatic rings. The van der Waals surface area contributed by atoms with E-state index in [0.717, 1.165) is 32.6 Å². The monoisotopic (exact) mass is 169 g/mol. The number of hydrogen-bond donors (Lipinski definition) is 0. The van der Waals surface area contributed by atoms with E-state index in [2.05, 4.69) is 6.92 Å². The molecule has 68 valence electrons. The summed E-state index contributed by atoms with van der Waals surface area (Å²) in [4.78, 5) is 13.6. The van der Waals surface area contributed by atoms with E-state index in [1.54, 1.807) is 0 Å². The zero-order chi connectivity index (χ0) is 8.55. The van der Waals surface area contributed by atoms with Crippen LogP contribution in [0.3, 0.4) is 0 Å². The molecule has 2 heterocycles. The highest BCUT2D eigenvalue weighted by atomic mass is 16.5. The molecule has 0 aliphatic carbocycles. The van der Waals surface area contributed by atoms with Gasteiger partial charge in [-0.3, -0.25) is 4.79 Å². The van der Waals surface area contributed by atoms with Crippen LogP contribution in [0.25, 0.3) is 0 Å². The molecule has 2 saturated heterocycles. The van der Waals surface area contributed by atoms with Crippen molar-refractivity contribution in [3.05, 3.63) is 0 Å². The summed E-state index contributed by atoms with van der Waals surface area (Å²) in [5, 5.41) is 0. The summed E-state index contributed by atoms with van der Waals surface area (Å²) in [6.45, 7) is 4.54. The molecule has 2 aliphatic rings. The average molecular weight is 169 g/mol. The van der Waals surface area contributed by atoms with Gasteiger partial charge < -0.3 is 9.64 Å². The molecule has 0 N–H and O–H groups in total. The molecule has 2 aliphatic heterocycles. The predicted octanol–water partition coefficient (Wildman–Crippen LogP) is 0.644. The van der Waals surface area contributed by atoms with Gasteiger partial charge in [0, 0.05) is 12.5 Å². The Hall–Kier alpha value is -0.570. The molecule has 3 nitrogen and oxygen atoms in total. The Morgan fingerprint density at radius 3 is 2.75 bits per heavy atom. The number of nitrogens with zero attached hydrogens (tertiary/aromatic N) is 1. The van der Waals surface area contributed by atoms with Crippen LogP contribution in [0.2, 0.25) is 0 Å². The molecule has 1 amide bonds. The van der Waals surface area contributed by atoms with Crippen molar-refractivity contribution >= 4 is 5.91 Å². The normalized spacial score (nSPS) is 30.9. The van der Waals surface area contributed by atoms with Crippen molar-refractivity contribution in [1.29, 1.82) is 0 Å². The Labute approximate surface area is 72.7 Å². The molecule has 2 fully saturated rings. The zero-order valence-corrected chi connectivity index (χ0v) is 7.45. The highest BCUT2D eigenvalue weighted by molar-refractivity contribution is 5.81. The standard InChI is InChI=1S/C9H15NO2/c1-2-7-3-4-10(9(7)11)8-5-12-6-8/h7-8H,2-6H2,1H3/t7-/m0/s1. The predicted molar refractivity (Wildman–Crippen MR) is 44.7 cm³/mol. The van der Waals surface area contributed by atoms with Gasteiger partial charge in [-0.15, -0.1) is 0 Å². The number of likely N-dealkylation sites (tertiary alicyclic amines) is 1. The molecule has 0 spiro atoms. The minimum Gasteiger partial charge on any atom is -0.377 e. The summed E-state index contributed by atoms with van der Waals surface area (Å²) in [6, 6.07) is 0.397. The third kappa shape index (κ3) is 1.12. The van der Waals surface area contributed by atoms with Crippen LogP contribution in [0.15, 0.2) is 0 Å². The van der Waals surface area contributed by atoms with E-state index < -0.39 is 0 Å². The minimum absolute atomic E-state index is 0.297. The lowest BCUT2D eigenvalue weighted by atomic mass is 10.1. The first-order valence-corrected chi connectivity index (χ1v) is 4.71. The molecule has 0 saturated carbocycles. The van der Waals surface area contributed by atoms with Crippen molar-refractivity contribution in [2.24, 2.45) is 5.92 Å². The third-order valence-electron chi connectivity index (χ3n) is 2.90. The molecule has 0 unspecified atom stereocenters. The van der Waals surface area contributed by atoms with Crippen LogP contribution in [0.4, 0.5) is 0 Å². The van der Waals surface area contributed by atoms with Gasteiger partial charge in [0.05, 0.1) is 19.3 Å². The highest BCUT2D eigenvalue weighted by Gasteiger charge is 2.37. The van der Waals surface area contributed by atoms with Gasteiger partial charge in [0.2, 0.25) is 5.91 Å². The van der Waals surface area contributed by atoms with E-state index in [-0.39, 0.29) is 0 Å². The van der Waals surface area contributed by atoms with Crippen molar-refractivity contribution in [2.75, 3.05) is 19.8 Å². The van der Waals surface area contributed by atoms with Crippen molar-refractivity contribution in [3.63, 3.8) is 0 Å². The van der Waals surface area contributed by atoms with Crippen molar-refractivity contribution in [3.8, 4) is 0 Å². The number of hydrogen-bond acceptors (Lipinski definition) is 2. The van der Waals surface area contributed by atoms with E-state index >= 15 is 0 Å². The maximum Gasteiger partial charge on any atom is 0.226 e. The Morgan fingerprint density at radius 2 is 2.33 bits per heavy atom. The SMILES string of the molecule is CC[C@H]1CCN(C2COC2)C1=O. The molecule has 0 bridgehead atoms. The summed E-state index contributed by atoms with van der Waals surface area (Å²) in [5.41, 5.74) is 0. The number of carbonyl (C=O) groups is 1. The molecular weight excluding hydrogens is 154 g/mol. The van der Waals surface area contributed by atoms with Crippen LogP contribution in [0.1, 0.15) is 19.8 Å². The van der Waals surface area contributed by atoms with Crippen LogP contribution < -0.4 is 0 Å². The Morgan fingerprint density at radius 1 is 1.58 bits per heavy atom. The third-order valence-corrected chi connectivity index (χ3v) is 2.90. The van der Waals surface area contributed by atoms with Crippen molar-refractivity contribution < 1.29 is 9.53 Å². The van der Waals surface area contributed by atoms with E-state index in [1.807, 2.05) is 4.90 Å². The summed E-state index contributed by atoms with van der Waals surface area (Å²) in [7, 11) is 0. The van der Waals surface area contributed by atoms with Gasteiger partial charge in [-0.2, -0.15) is 0 Å². The second-order valence-corrected chi connectivity index (χ2v) is 3.62. The van der Waals surface area contributed by atoms with Gasteiger partial charge in [-0.1, -0.05) is 6.92 Å². The second kappa shape index (κ2) is 3.05. The lowest BCUT2D eigenvalue weighted by molar-refractivity contribution is -0.142. The molecular formula is C9H15NO2. The largest absolute Gasteiger partial charge is 0.377 e. The molecule has 1 atom stereocenters. The fraction of sp³-hybridized carbons (Fsp3) is 0.889.